The molecule has 1 aliphatic rings. The highest BCUT2D eigenvalue weighted by atomic mass is 15.5. The minimum atomic E-state index is 0.448. The summed E-state index contributed by atoms with van der Waals surface area (Å²) in [7, 11) is 0. The molecular formula is C12H22N4. The summed E-state index contributed by atoms with van der Waals surface area (Å²) in [5, 5.41) is 6.67. The molecule has 1 N–H and O–H groups in total. The van der Waals surface area contributed by atoms with Crippen LogP contribution in [0.25, 0.3) is 0 Å². The Morgan fingerprint density at radius 3 is 2.69 bits per heavy atom. The van der Waals surface area contributed by atoms with Crippen LogP contribution in [0.15, 0.2) is 12.4 Å². The van der Waals surface area contributed by atoms with E-state index in [1.54, 1.807) is 0 Å². The van der Waals surface area contributed by atoms with Crippen LogP contribution in [0.2, 0.25) is 0 Å². The van der Waals surface area contributed by atoms with Crippen molar-refractivity contribution < 1.29 is 0 Å². The molecule has 0 amide bonds. The third kappa shape index (κ3) is 3.06. The van der Waals surface area contributed by atoms with Crippen LogP contribution >= 0.6 is 0 Å². The van der Waals surface area contributed by atoms with E-state index in [9.17, 15) is 0 Å². The van der Waals surface area contributed by atoms with Gasteiger partial charge in [0.05, 0.1) is 6.20 Å². The second kappa shape index (κ2) is 5.46. The number of nitrogens with zero attached hydrogens (tertiary/aromatic N) is 3. The normalized spacial score (nSPS) is 18.2. The highest BCUT2D eigenvalue weighted by molar-refractivity contribution is 5.03. The second-order valence-electron chi connectivity index (χ2n) is 4.80. The zero-order chi connectivity index (χ0) is 11.4. The van der Waals surface area contributed by atoms with Crippen LogP contribution in [-0.2, 0) is 6.54 Å². The molecule has 4 heteroatoms. The van der Waals surface area contributed by atoms with Gasteiger partial charge in [-0.05, 0) is 26.7 Å². The predicted molar refractivity (Wildman–Crippen MR) is 64.9 cm³/mol. The lowest BCUT2D eigenvalue weighted by atomic mass is 10.2. The van der Waals surface area contributed by atoms with E-state index < -0.39 is 0 Å². The fourth-order valence-electron chi connectivity index (χ4n) is 2.01. The van der Waals surface area contributed by atoms with Gasteiger partial charge in [-0.3, -0.25) is 10.1 Å². The number of hydrazine groups is 1. The largest absolute Gasteiger partial charge is 0.270 e. The lowest BCUT2D eigenvalue weighted by Crippen LogP contribution is -2.41. The minimum Gasteiger partial charge on any atom is -0.270 e. The van der Waals surface area contributed by atoms with Gasteiger partial charge in [0, 0.05) is 37.4 Å². The molecule has 0 bridgehead atoms. The van der Waals surface area contributed by atoms with Gasteiger partial charge in [-0.25, -0.2) is 5.01 Å². The van der Waals surface area contributed by atoms with E-state index in [0.717, 1.165) is 6.54 Å². The summed E-state index contributed by atoms with van der Waals surface area (Å²) < 4.78 is 2.01. The maximum atomic E-state index is 4.34. The molecule has 0 spiro atoms. The topological polar surface area (TPSA) is 33.1 Å². The molecule has 1 fully saturated rings. The number of rotatable bonds is 4. The quantitative estimate of drug-likeness (QED) is 0.845. The smallest absolute Gasteiger partial charge is 0.0535 e. The third-order valence-corrected chi connectivity index (χ3v) is 3.05. The zero-order valence-electron chi connectivity index (χ0n) is 10.3. The number of aromatic nitrogens is 2. The van der Waals surface area contributed by atoms with Crippen molar-refractivity contribution in [1.82, 2.24) is 20.2 Å². The molecule has 0 saturated carbocycles. The Labute approximate surface area is 97.6 Å². The van der Waals surface area contributed by atoms with Crippen molar-refractivity contribution in [1.29, 1.82) is 0 Å². The molecule has 0 radical (unpaired) electrons. The summed E-state index contributed by atoms with van der Waals surface area (Å²) in [5.41, 5.74) is 4.73. The standard InChI is InChI=1S/C12H22N4/c1-11(2)16-10-12(9-14-16)8-13-15-6-4-3-5-7-15/h9-11,13H,3-8H2,1-2H3. The highest BCUT2D eigenvalue weighted by Gasteiger charge is 2.09. The Morgan fingerprint density at radius 1 is 1.31 bits per heavy atom. The van der Waals surface area contributed by atoms with Crippen molar-refractivity contribution in [2.75, 3.05) is 13.1 Å². The number of piperidine rings is 1. The van der Waals surface area contributed by atoms with Crippen LogP contribution < -0.4 is 5.43 Å². The van der Waals surface area contributed by atoms with E-state index in [4.69, 9.17) is 0 Å². The molecule has 0 atom stereocenters. The molecule has 90 valence electrons. The van der Waals surface area contributed by atoms with Crippen molar-refractivity contribution in [2.45, 2.75) is 45.7 Å². The Balaban J connectivity index is 1.79. The van der Waals surface area contributed by atoms with Crippen LogP contribution in [0, 0.1) is 0 Å². The molecule has 4 nitrogen and oxygen atoms in total. The average Bonchev–Trinajstić information content (AvgIpc) is 2.76. The summed E-state index contributed by atoms with van der Waals surface area (Å²) in [6.07, 6.45) is 8.10. The van der Waals surface area contributed by atoms with Gasteiger partial charge < -0.3 is 0 Å². The van der Waals surface area contributed by atoms with E-state index in [-0.39, 0.29) is 0 Å². The Bertz CT molecular complexity index is 313. The molecule has 2 heterocycles. The van der Waals surface area contributed by atoms with E-state index in [0.29, 0.717) is 6.04 Å². The van der Waals surface area contributed by atoms with Crippen molar-refractivity contribution in [3.63, 3.8) is 0 Å². The maximum absolute atomic E-state index is 4.34. The first-order valence-corrected chi connectivity index (χ1v) is 6.27. The van der Waals surface area contributed by atoms with Crippen molar-refractivity contribution in [2.24, 2.45) is 0 Å². The van der Waals surface area contributed by atoms with Gasteiger partial charge in [0.25, 0.3) is 0 Å². The summed E-state index contributed by atoms with van der Waals surface area (Å²) >= 11 is 0. The molecule has 1 aromatic heterocycles. The Morgan fingerprint density at radius 2 is 2.06 bits per heavy atom. The van der Waals surface area contributed by atoms with Gasteiger partial charge in [0.15, 0.2) is 0 Å². The van der Waals surface area contributed by atoms with Gasteiger partial charge >= 0.3 is 0 Å². The summed E-state index contributed by atoms with van der Waals surface area (Å²) in [6, 6.07) is 0.448. The summed E-state index contributed by atoms with van der Waals surface area (Å²) in [5.74, 6) is 0. The van der Waals surface area contributed by atoms with E-state index >= 15 is 0 Å². The molecule has 0 aliphatic carbocycles. The molecule has 1 saturated heterocycles. The van der Waals surface area contributed by atoms with E-state index in [1.807, 2.05) is 10.9 Å². The second-order valence-corrected chi connectivity index (χ2v) is 4.80. The third-order valence-electron chi connectivity index (χ3n) is 3.05. The van der Waals surface area contributed by atoms with E-state index in [1.165, 1.54) is 37.9 Å². The monoisotopic (exact) mass is 222 g/mol. The molecule has 0 aromatic carbocycles. The number of nitrogens with one attached hydrogen (secondary N) is 1. The average molecular weight is 222 g/mol. The van der Waals surface area contributed by atoms with Crippen LogP contribution in [0.4, 0.5) is 0 Å². The lowest BCUT2D eigenvalue weighted by molar-refractivity contribution is 0.151. The van der Waals surface area contributed by atoms with Gasteiger partial charge in [0.2, 0.25) is 0 Å². The lowest BCUT2D eigenvalue weighted by Gasteiger charge is -2.26. The van der Waals surface area contributed by atoms with Gasteiger partial charge in [-0.2, -0.15) is 5.10 Å². The first kappa shape index (κ1) is 11.6. The van der Waals surface area contributed by atoms with Crippen LogP contribution in [0.5, 0.6) is 0 Å². The molecule has 1 aliphatic heterocycles. The Hall–Kier alpha value is -0.870. The Kier molecular flexibility index (Phi) is 3.96. The molecule has 1 aromatic rings. The minimum absolute atomic E-state index is 0.448. The maximum Gasteiger partial charge on any atom is 0.0535 e. The molecule has 16 heavy (non-hydrogen) atoms. The van der Waals surface area contributed by atoms with Crippen molar-refractivity contribution in [3.8, 4) is 0 Å². The molecular weight excluding hydrogens is 200 g/mol. The summed E-state index contributed by atoms with van der Waals surface area (Å²) in [4.78, 5) is 0. The van der Waals surface area contributed by atoms with Crippen molar-refractivity contribution in [3.05, 3.63) is 18.0 Å². The van der Waals surface area contributed by atoms with E-state index in [2.05, 4.69) is 35.6 Å². The zero-order valence-corrected chi connectivity index (χ0v) is 10.3. The number of hydrogen-bond donors (Lipinski definition) is 1. The fourth-order valence-corrected chi connectivity index (χ4v) is 2.01. The molecule has 2 rings (SSSR count). The predicted octanol–water partition coefficient (Wildman–Crippen LogP) is 1.95. The SMILES string of the molecule is CC(C)n1cc(CNN2CCCCC2)cn1. The van der Waals surface area contributed by atoms with Gasteiger partial charge in [-0.15, -0.1) is 0 Å². The first-order chi connectivity index (χ1) is 7.75. The molecule has 0 unspecified atom stereocenters. The van der Waals surface area contributed by atoms with Gasteiger partial charge in [0.1, 0.15) is 0 Å². The van der Waals surface area contributed by atoms with Crippen molar-refractivity contribution >= 4 is 0 Å². The fraction of sp³-hybridized carbons (Fsp3) is 0.750. The van der Waals surface area contributed by atoms with Gasteiger partial charge in [-0.1, -0.05) is 6.42 Å². The highest BCUT2D eigenvalue weighted by Crippen LogP contribution is 2.08. The van der Waals surface area contributed by atoms with Crippen LogP contribution in [0.1, 0.15) is 44.7 Å². The first-order valence-electron chi connectivity index (χ1n) is 6.27. The van der Waals surface area contributed by atoms with Crippen LogP contribution in [0.3, 0.4) is 0 Å². The number of hydrogen-bond acceptors (Lipinski definition) is 3. The summed E-state index contributed by atoms with van der Waals surface area (Å²) in [6.45, 7) is 7.55. The van der Waals surface area contributed by atoms with Crippen LogP contribution in [-0.4, -0.2) is 27.9 Å².